The third-order valence-corrected chi connectivity index (χ3v) is 10.3. The van der Waals surface area contributed by atoms with E-state index >= 15 is 0 Å². The Morgan fingerprint density at radius 3 is 2.27 bits per heavy atom. The normalized spacial score (nSPS) is 16.3. The number of anilines is 1. The molecule has 2 aliphatic heterocycles. The van der Waals surface area contributed by atoms with Crippen LogP contribution in [-0.2, 0) is 11.2 Å². The minimum atomic E-state index is -0.216. The predicted octanol–water partition coefficient (Wildman–Crippen LogP) is 7.25. The van der Waals surface area contributed by atoms with Gasteiger partial charge in [-0.2, -0.15) is 9.90 Å². The zero-order valence-electron chi connectivity index (χ0n) is 27.2. The SMILES string of the molecule is Cc1nn(-c2ccccc2)nc1C(=O)N1CCC(C(=O)N(CCCN2CCC(Cc3ccc(F)cc3)CC2)c2ccc(Cl)c(Cl)c2)CC1. The van der Waals surface area contributed by atoms with Crippen LogP contribution in [0.3, 0.4) is 0 Å². The van der Waals surface area contributed by atoms with Crippen LogP contribution in [0.4, 0.5) is 10.1 Å². The van der Waals surface area contributed by atoms with E-state index in [9.17, 15) is 14.0 Å². The van der Waals surface area contributed by atoms with Gasteiger partial charge in [-0.15, -0.1) is 5.10 Å². The summed E-state index contributed by atoms with van der Waals surface area (Å²) in [6.45, 7) is 6.21. The second-order valence-electron chi connectivity index (χ2n) is 12.9. The van der Waals surface area contributed by atoms with Crippen LogP contribution < -0.4 is 4.90 Å². The van der Waals surface area contributed by atoms with Crippen molar-refractivity contribution in [1.82, 2.24) is 24.8 Å². The van der Waals surface area contributed by atoms with Crippen LogP contribution in [0, 0.1) is 24.6 Å². The number of piperidine rings is 2. The van der Waals surface area contributed by atoms with Gasteiger partial charge in [-0.05, 0) is 119 Å². The van der Waals surface area contributed by atoms with E-state index in [0.717, 1.165) is 56.7 Å². The molecule has 2 fully saturated rings. The second-order valence-corrected chi connectivity index (χ2v) is 13.7. The molecule has 3 aromatic carbocycles. The zero-order chi connectivity index (χ0) is 33.6. The van der Waals surface area contributed by atoms with Gasteiger partial charge in [0.05, 0.1) is 21.4 Å². The van der Waals surface area contributed by atoms with Gasteiger partial charge in [0, 0.05) is 31.2 Å². The van der Waals surface area contributed by atoms with Crippen LogP contribution in [0.15, 0.2) is 72.8 Å². The van der Waals surface area contributed by atoms with Crippen LogP contribution in [0.25, 0.3) is 5.69 Å². The number of hydrogen-bond donors (Lipinski definition) is 0. The third-order valence-electron chi connectivity index (χ3n) is 9.59. The van der Waals surface area contributed by atoms with Gasteiger partial charge in [-0.1, -0.05) is 53.5 Å². The Balaban J connectivity index is 1.04. The number of aromatic nitrogens is 3. The first-order valence-electron chi connectivity index (χ1n) is 16.8. The number of para-hydroxylation sites is 1. The summed E-state index contributed by atoms with van der Waals surface area (Å²) in [5, 5.41) is 9.81. The summed E-state index contributed by atoms with van der Waals surface area (Å²) in [7, 11) is 0. The highest BCUT2D eigenvalue weighted by Crippen LogP contribution is 2.30. The number of benzene rings is 3. The fraction of sp³-hybridized carbons (Fsp3) is 0.405. The van der Waals surface area contributed by atoms with Crippen molar-refractivity contribution in [3.8, 4) is 5.69 Å². The second kappa shape index (κ2) is 15.6. The number of aryl methyl sites for hydroxylation is 1. The van der Waals surface area contributed by atoms with Gasteiger partial charge < -0.3 is 14.7 Å². The van der Waals surface area contributed by atoms with Crippen molar-refractivity contribution in [2.45, 2.75) is 45.4 Å². The maximum absolute atomic E-state index is 14.1. The van der Waals surface area contributed by atoms with E-state index in [4.69, 9.17) is 23.2 Å². The zero-order valence-corrected chi connectivity index (χ0v) is 28.7. The van der Waals surface area contributed by atoms with Crippen molar-refractivity contribution in [3.63, 3.8) is 0 Å². The molecule has 4 aromatic rings. The number of amides is 2. The fourth-order valence-electron chi connectivity index (χ4n) is 6.79. The summed E-state index contributed by atoms with van der Waals surface area (Å²) < 4.78 is 13.3. The molecule has 48 heavy (non-hydrogen) atoms. The minimum Gasteiger partial charge on any atom is -0.337 e. The van der Waals surface area contributed by atoms with Crippen molar-refractivity contribution >= 4 is 40.7 Å². The van der Waals surface area contributed by atoms with Gasteiger partial charge in [0.2, 0.25) is 5.91 Å². The number of rotatable bonds is 10. The van der Waals surface area contributed by atoms with Crippen LogP contribution in [0.1, 0.15) is 53.8 Å². The maximum Gasteiger partial charge on any atom is 0.276 e. The average molecular weight is 692 g/mol. The summed E-state index contributed by atoms with van der Waals surface area (Å²) in [6.07, 6.45) is 5.14. The van der Waals surface area contributed by atoms with Crippen molar-refractivity contribution in [2.75, 3.05) is 44.2 Å². The summed E-state index contributed by atoms with van der Waals surface area (Å²) in [5.74, 6) is 0.0667. The molecular formula is C37H41Cl2FN6O2. The van der Waals surface area contributed by atoms with Gasteiger partial charge in [-0.3, -0.25) is 9.59 Å². The maximum atomic E-state index is 14.1. The molecule has 252 valence electrons. The van der Waals surface area contributed by atoms with E-state index in [-0.39, 0.29) is 23.5 Å². The van der Waals surface area contributed by atoms with E-state index in [0.29, 0.717) is 59.8 Å². The first-order valence-corrected chi connectivity index (χ1v) is 17.5. The van der Waals surface area contributed by atoms with E-state index < -0.39 is 0 Å². The molecule has 0 saturated carbocycles. The van der Waals surface area contributed by atoms with Crippen molar-refractivity contribution in [3.05, 3.63) is 106 Å². The van der Waals surface area contributed by atoms with Gasteiger partial charge in [0.25, 0.3) is 5.91 Å². The Morgan fingerprint density at radius 2 is 1.58 bits per heavy atom. The monoisotopic (exact) mass is 690 g/mol. The first kappa shape index (κ1) is 34.1. The van der Waals surface area contributed by atoms with E-state index in [2.05, 4.69) is 15.1 Å². The summed E-state index contributed by atoms with van der Waals surface area (Å²) in [5.41, 5.74) is 3.62. The molecule has 3 heterocycles. The lowest BCUT2D eigenvalue weighted by Crippen LogP contribution is -2.45. The van der Waals surface area contributed by atoms with Crippen LogP contribution in [0.5, 0.6) is 0 Å². The number of hydrogen-bond acceptors (Lipinski definition) is 5. The molecular weight excluding hydrogens is 650 g/mol. The molecule has 11 heteroatoms. The molecule has 2 aliphatic rings. The quantitative estimate of drug-likeness (QED) is 0.175. The highest BCUT2D eigenvalue weighted by molar-refractivity contribution is 6.42. The number of nitrogens with zero attached hydrogens (tertiary/aromatic N) is 6. The lowest BCUT2D eigenvalue weighted by Gasteiger charge is -2.35. The van der Waals surface area contributed by atoms with Gasteiger partial charge in [0.15, 0.2) is 5.69 Å². The smallest absolute Gasteiger partial charge is 0.276 e. The van der Waals surface area contributed by atoms with Gasteiger partial charge >= 0.3 is 0 Å². The standard InChI is InChI=1S/C37H41Cl2FN6O2/c1-26-35(42-46(41-26)31-6-3-2-4-7-31)37(48)44-22-16-29(17-23-44)36(47)45(32-12-13-33(38)34(39)25-32)19-5-18-43-20-14-28(15-21-43)24-27-8-10-30(40)11-9-27/h2-4,6-13,25,28-29H,5,14-24H2,1H3. The molecule has 1 aromatic heterocycles. The molecule has 8 nitrogen and oxygen atoms in total. The van der Waals surface area contributed by atoms with Crippen molar-refractivity contribution in [2.24, 2.45) is 11.8 Å². The number of carbonyl (C=O) groups excluding carboxylic acids is 2. The van der Waals surface area contributed by atoms with E-state index in [1.807, 2.05) is 53.4 Å². The molecule has 0 N–H and O–H groups in total. The Labute approximate surface area is 291 Å². The molecule has 0 bridgehead atoms. The van der Waals surface area contributed by atoms with E-state index in [1.54, 1.807) is 24.0 Å². The minimum absolute atomic E-state index is 0.0460. The Morgan fingerprint density at radius 1 is 0.875 bits per heavy atom. The molecule has 0 atom stereocenters. The van der Waals surface area contributed by atoms with Gasteiger partial charge in [-0.25, -0.2) is 4.39 Å². The predicted molar refractivity (Wildman–Crippen MR) is 187 cm³/mol. The lowest BCUT2D eigenvalue weighted by atomic mass is 9.90. The van der Waals surface area contributed by atoms with Crippen molar-refractivity contribution in [1.29, 1.82) is 0 Å². The number of carbonyl (C=O) groups is 2. The van der Waals surface area contributed by atoms with Crippen LogP contribution >= 0.6 is 23.2 Å². The third kappa shape index (κ3) is 8.25. The number of likely N-dealkylation sites (tertiary alicyclic amines) is 2. The molecule has 0 aliphatic carbocycles. The summed E-state index contributed by atoms with van der Waals surface area (Å²) in [4.78, 5) is 35.1. The Bertz CT molecular complexity index is 1700. The number of halogens is 3. The first-order chi connectivity index (χ1) is 23.2. The van der Waals surface area contributed by atoms with Crippen LogP contribution in [-0.4, -0.2) is 75.9 Å². The molecule has 2 saturated heterocycles. The highest BCUT2D eigenvalue weighted by Gasteiger charge is 2.33. The lowest BCUT2D eigenvalue weighted by molar-refractivity contribution is -0.123. The topological polar surface area (TPSA) is 74.6 Å². The van der Waals surface area contributed by atoms with E-state index in [1.165, 1.54) is 22.5 Å². The Kier molecular flexibility index (Phi) is 11.1. The Hall–Kier alpha value is -3.79. The molecule has 2 amide bonds. The largest absolute Gasteiger partial charge is 0.337 e. The molecule has 0 unspecified atom stereocenters. The molecule has 0 radical (unpaired) electrons. The molecule has 6 rings (SSSR count). The summed E-state index contributed by atoms with van der Waals surface area (Å²) in [6, 6.07) is 21.7. The molecule has 0 spiro atoms. The average Bonchev–Trinajstić information content (AvgIpc) is 3.51. The highest BCUT2D eigenvalue weighted by atomic mass is 35.5. The van der Waals surface area contributed by atoms with Crippen molar-refractivity contribution < 1.29 is 14.0 Å². The van der Waals surface area contributed by atoms with Crippen LogP contribution in [0.2, 0.25) is 10.0 Å². The fourth-order valence-corrected chi connectivity index (χ4v) is 7.09. The summed E-state index contributed by atoms with van der Waals surface area (Å²) >= 11 is 12.6. The van der Waals surface area contributed by atoms with Gasteiger partial charge in [0.1, 0.15) is 5.82 Å².